The van der Waals surface area contributed by atoms with E-state index in [-0.39, 0.29) is 17.1 Å². The molecular formula is C46H66Cl2N6O7S2. The number of anilines is 2. The van der Waals surface area contributed by atoms with E-state index < -0.39 is 5.97 Å². The van der Waals surface area contributed by atoms with Crippen LogP contribution in [-0.2, 0) is 28.5 Å². The molecule has 0 fully saturated rings. The van der Waals surface area contributed by atoms with E-state index in [0.29, 0.717) is 52.7 Å². The molecule has 348 valence electrons. The number of carbonyl (C=O) groups is 2. The summed E-state index contributed by atoms with van der Waals surface area (Å²) in [5.74, 6) is 1.96. The zero-order valence-electron chi connectivity index (χ0n) is 36.9. The molecule has 1 amide bonds. The van der Waals surface area contributed by atoms with Gasteiger partial charge in [-0.2, -0.15) is 10.5 Å². The van der Waals surface area contributed by atoms with E-state index in [0.717, 1.165) is 110 Å². The highest BCUT2D eigenvalue weighted by Crippen LogP contribution is 2.36. The zero-order chi connectivity index (χ0) is 45.9. The van der Waals surface area contributed by atoms with Gasteiger partial charge in [0, 0.05) is 86.5 Å². The zero-order valence-corrected chi connectivity index (χ0v) is 40.1. The molecule has 0 saturated heterocycles. The Morgan fingerprint density at radius 3 is 1.59 bits per heavy atom. The molecule has 0 saturated carbocycles. The Hall–Kier alpha value is -3.48. The van der Waals surface area contributed by atoms with Gasteiger partial charge >= 0.3 is 5.97 Å². The van der Waals surface area contributed by atoms with Crippen molar-refractivity contribution in [2.24, 2.45) is 5.73 Å². The number of fused-ring (bicyclic) bond motifs is 2. The van der Waals surface area contributed by atoms with E-state index in [2.05, 4.69) is 22.2 Å². The predicted octanol–water partition coefficient (Wildman–Crippen LogP) is 8.08. The monoisotopic (exact) mass is 948 g/mol. The number of hydrogen-bond donors (Lipinski definition) is 3. The summed E-state index contributed by atoms with van der Waals surface area (Å²) in [6.45, 7) is 7.87. The lowest BCUT2D eigenvalue weighted by Gasteiger charge is -2.27. The molecule has 0 atom stereocenters. The lowest BCUT2D eigenvalue weighted by atomic mass is 10.1. The highest BCUT2D eigenvalue weighted by atomic mass is 35.5. The first-order valence-corrected chi connectivity index (χ1v) is 24.6. The van der Waals surface area contributed by atoms with Gasteiger partial charge in [0.1, 0.15) is 23.3 Å². The summed E-state index contributed by atoms with van der Waals surface area (Å²) in [6.07, 6.45) is 12.0. The molecule has 0 radical (unpaired) electrons. The first-order valence-electron chi connectivity index (χ1n) is 21.5. The second-order valence-corrected chi connectivity index (χ2v) is 17.4. The maximum absolute atomic E-state index is 12.3. The van der Waals surface area contributed by atoms with Crippen LogP contribution in [0.2, 0.25) is 0 Å². The van der Waals surface area contributed by atoms with Crippen molar-refractivity contribution in [3.8, 4) is 12.1 Å². The minimum absolute atomic E-state index is 0.0895. The fourth-order valence-electron chi connectivity index (χ4n) is 5.92. The van der Waals surface area contributed by atoms with E-state index in [4.69, 9.17) is 58.3 Å². The Labute approximate surface area is 393 Å². The normalized spacial score (nSPS) is 13.3. The first kappa shape index (κ1) is 55.7. The number of amides is 1. The van der Waals surface area contributed by atoms with Crippen molar-refractivity contribution in [2.45, 2.75) is 61.2 Å². The summed E-state index contributed by atoms with van der Waals surface area (Å²) >= 11 is 14.7. The maximum atomic E-state index is 12.3. The Morgan fingerprint density at radius 2 is 1.14 bits per heavy atom. The Bertz CT molecular complexity index is 1760. The number of carbonyl (C=O) groups excluding carboxylic acids is 1. The van der Waals surface area contributed by atoms with Crippen LogP contribution in [0.5, 0.6) is 0 Å². The number of ether oxygens (including phenoxy) is 4. The quantitative estimate of drug-likeness (QED) is 0.0338. The summed E-state index contributed by atoms with van der Waals surface area (Å²) in [5.41, 5.74) is 9.04. The van der Waals surface area contributed by atoms with Gasteiger partial charge in [0.25, 0.3) is 5.91 Å². The van der Waals surface area contributed by atoms with Crippen molar-refractivity contribution in [2.75, 3.05) is 126 Å². The third-order valence-electron chi connectivity index (χ3n) is 9.38. The topological polar surface area (TPSA) is 183 Å². The molecule has 0 unspecified atom stereocenters. The molecule has 17 heteroatoms. The van der Waals surface area contributed by atoms with Gasteiger partial charge in [0.05, 0.1) is 51.0 Å². The predicted molar refractivity (Wildman–Crippen MR) is 259 cm³/mol. The molecule has 0 bridgehead atoms. The number of halogens is 2. The van der Waals surface area contributed by atoms with Crippen LogP contribution in [0.1, 0.15) is 62.5 Å². The van der Waals surface area contributed by atoms with Gasteiger partial charge < -0.3 is 44.9 Å². The SMILES string of the molecule is CN1CCSc2cc(/C=C(\C#N)C(=O)NCCOCCOCCCCCCCl)ccc21.CN1CCSc2cc(/C=C(\C#N)C(=O)O)ccc21.NCCOCCOCCCCCCCl. The molecule has 0 aliphatic carbocycles. The summed E-state index contributed by atoms with van der Waals surface area (Å²) in [7, 11) is 4.10. The molecule has 13 nitrogen and oxygen atoms in total. The van der Waals surface area contributed by atoms with Crippen LogP contribution < -0.4 is 20.9 Å². The van der Waals surface area contributed by atoms with Gasteiger partial charge in [0.15, 0.2) is 0 Å². The number of hydrogen-bond acceptors (Lipinski definition) is 13. The van der Waals surface area contributed by atoms with Crippen LogP contribution in [0.25, 0.3) is 12.2 Å². The fraction of sp³-hybridized carbons (Fsp3) is 0.565. The van der Waals surface area contributed by atoms with Crippen LogP contribution >= 0.6 is 46.7 Å². The lowest BCUT2D eigenvalue weighted by molar-refractivity contribution is -0.132. The summed E-state index contributed by atoms with van der Waals surface area (Å²) in [5, 5.41) is 29.7. The van der Waals surface area contributed by atoms with Crippen LogP contribution in [0.15, 0.2) is 57.3 Å². The summed E-state index contributed by atoms with van der Waals surface area (Å²) in [6, 6.07) is 15.4. The number of nitrogens with zero attached hydrogens (tertiary/aromatic N) is 4. The average molecular weight is 950 g/mol. The molecular weight excluding hydrogens is 884 g/mol. The van der Waals surface area contributed by atoms with Gasteiger partial charge in [-0.25, -0.2) is 4.79 Å². The first-order chi connectivity index (χ1) is 30.7. The number of nitrogens with two attached hydrogens (primary N) is 1. The molecule has 2 aromatic carbocycles. The minimum Gasteiger partial charge on any atom is -0.477 e. The number of nitriles is 2. The van der Waals surface area contributed by atoms with Crippen LogP contribution in [0.4, 0.5) is 11.4 Å². The fourth-order valence-corrected chi connectivity index (χ4v) is 8.65. The third-order valence-corrected chi connectivity index (χ3v) is 12.0. The van der Waals surface area contributed by atoms with Crippen molar-refractivity contribution in [3.63, 3.8) is 0 Å². The smallest absolute Gasteiger partial charge is 0.346 e. The van der Waals surface area contributed by atoms with Crippen molar-refractivity contribution in [1.29, 1.82) is 10.5 Å². The van der Waals surface area contributed by atoms with Crippen molar-refractivity contribution < 1.29 is 33.6 Å². The van der Waals surface area contributed by atoms with E-state index >= 15 is 0 Å². The second-order valence-electron chi connectivity index (χ2n) is 14.3. The van der Waals surface area contributed by atoms with E-state index in [1.165, 1.54) is 29.5 Å². The Morgan fingerprint density at radius 1 is 0.698 bits per heavy atom. The van der Waals surface area contributed by atoms with Gasteiger partial charge in [-0.15, -0.1) is 46.7 Å². The number of nitrogens with one attached hydrogen (secondary N) is 1. The molecule has 4 rings (SSSR count). The van der Waals surface area contributed by atoms with Gasteiger partial charge in [-0.3, -0.25) is 4.79 Å². The highest BCUT2D eigenvalue weighted by molar-refractivity contribution is 7.99. The number of thioether (sulfide) groups is 2. The van der Waals surface area contributed by atoms with Crippen molar-refractivity contribution >= 4 is 82.1 Å². The van der Waals surface area contributed by atoms with E-state index in [1.807, 2.05) is 49.5 Å². The lowest BCUT2D eigenvalue weighted by Crippen LogP contribution is -2.28. The molecule has 2 aliphatic heterocycles. The molecule has 2 aliphatic rings. The number of alkyl halides is 2. The molecule has 0 spiro atoms. The second kappa shape index (κ2) is 35.8. The number of benzene rings is 2. The van der Waals surface area contributed by atoms with Crippen LogP contribution in [0.3, 0.4) is 0 Å². The maximum Gasteiger partial charge on any atom is 0.346 e. The van der Waals surface area contributed by atoms with Crippen molar-refractivity contribution in [1.82, 2.24) is 5.32 Å². The van der Waals surface area contributed by atoms with Gasteiger partial charge in [0.2, 0.25) is 0 Å². The molecule has 4 N–H and O–H groups in total. The van der Waals surface area contributed by atoms with Crippen molar-refractivity contribution in [3.05, 3.63) is 58.7 Å². The molecule has 63 heavy (non-hydrogen) atoms. The summed E-state index contributed by atoms with van der Waals surface area (Å²) < 4.78 is 21.5. The Kier molecular flexibility index (Phi) is 31.6. The number of unbranched alkanes of at least 4 members (excludes halogenated alkanes) is 6. The van der Waals surface area contributed by atoms with E-state index in [1.54, 1.807) is 35.7 Å². The number of aliphatic carboxylic acids is 1. The van der Waals surface area contributed by atoms with Crippen LogP contribution in [-0.4, -0.2) is 133 Å². The van der Waals surface area contributed by atoms with Crippen LogP contribution in [0, 0.1) is 22.7 Å². The third kappa shape index (κ3) is 24.4. The average Bonchev–Trinajstić information content (AvgIpc) is 3.28. The van der Waals surface area contributed by atoms with Gasteiger partial charge in [-0.05, 0) is 73.2 Å². The molecule has 0 aromatic heterocycles. The number of rotatable bonds is 27. The summed E-state index contributed by atoms with van der Waals surface area (Å²) in [4.78, 5) is 29.7. The largest absolute Gasteiger partial charge is 0.477 e. The number of carboxylic acids is 1. The Balaban J connectivity index is 0.000000360. The minimum atomic E-state index is -1.19. The molecule has 2 aromatic rings. The van der Waals surface area contributed by atoms with E-state index in [9.17, 15) is 14.9 Å². The highest BCUT2D eigenvalue weighted by Gasteiger charge is 2.16. The molecule has 2 heterocycles. The standard InChI is InChI=1S/C23H32ClN3O3S.C13H12N2O2S.C10H22ClNO2/c1-27-10-15-31-22-17-19(6-7-21(22)27)16-20(18-25)23(28)26-9-12-30-14-13-29-11-5-3-2-4-8-24;1-15-4-5-18-12-7-9(2-3-11(12)15)6-10(8-14)13(16)17;11-5-3-1-2-4-7-13-9-10-14-8-6-12/h6-7,16-17H,2-5,8-15H2,1H3,(H,26,28);2-3,6-7H,4-5H2,1H3,(H,16,17);1-10,12H2/b20-16+;10-6+;. The van der Waals surface area contributed by atoms with Gasteiger partial charge in [-0.1, -0.05) is 37.8 Å². The number of carboxylic acid groups (broad SMARTS) is 1.